The quantitative estimate of drug-likeness (QED) is 0.338. The lowest BCUT2D eigenvalue weighted by Crippen LogP contribution is -2.26. The van der Waals surface area contributed by atoms with E-state index in [0.717, 1.165) is 9.87 Å². The number of hydrogen-bond acceptors (Lipinski definition) is 6. The van der Waals surface area contributed by atoms with Gasteiger partial charge in [0.05, 0.1) is 34.9 Å². The Morgan fingerprint density at radius 3 is 2.53 bits per heavy atom. The van der Waals surface area contributed by atoms with Crippen LogP contribution in [0.5, 0.6) is 5.75 Å². The number of hydrogen-bond donors (Lipinski definition) is 0. The van der Waals surface area contributed by atoms with Crippen LogP contribution in [0.4, 0.5) is 5.69 Å². The van der Waals surface area contributed by atoms with E-state index in [1.54, 1.807) is 36.7 Å². The Balaban J connectivity index is 1.71. The van der Waals surface area contributed by atoms with Crippen molar-refractivity contribution in [2.75, 3.05) is 25.1 Å². The minimum Gasteiger partial charge on any atom is -0.497 e. The van der Waals surface area contributed by atoms with Gasteiger partial charge in [0.1, 0.15) is 5.75 Å². The van der Waals surface area contributed by atoms with Crippen molar-refractivity contribution in [2.45, 2.75) is 17.7 Å². The number of sulfonamides is 1. The van der Waals surface area contributed by atoms with E-state index >= 15 is 0 Å². The van der Waals surface area contributed by atoms with Gasteiger partial charge in [0.15, 0.2) is 0 Å². The number of aryl methyl sites for hydroxylation is 1. The number of benzene rings is 2. The van der Waals surface area contributed by atoms with Gasteiger partial charge in [0, 0.05) is 19.4 Å². The number of ether oxygens (including phenoxy) is 2. The second-order valence-corrected chi connectivity index (χ2v) is 9.29. The number of esters is 1. The summed E-state index contributed by atoms with van der Waals surface area (Å²) in [4.78, 5) is 16.5. The van der Waals surface area contributed by atoms with Gasteiger partial charge >= 0.3 is 5.97 Å². The molecule has 1 heterocycles. The van der Waals surface area contributed by atoms with Crippen molar-refractivity contribution in [2.24, 2.45) is 0 Å². The first kappa shape index (κ1) is 23.6. The molecule has 2 aromatic carbocycles. The Hall–Kier alpha value is -3.10. The van der Waals surface area contributed by atoms with Gasteiger partial charge < -0.3 is 9.47 Å². The topological polar surface area (TPSA) is 85.8 Å². The molecule has 9 heteroatoms. The molecular weight excluding hydrogens is 452 g/mol. The summed E-state index contributed by atoms with van der Waals surface area (Å²) >= 11 is 6.15. The van der Waals surface area contributed by atoms with Crippen LogP contribution in [0.25, 0.3) is 0 Å². The number of halogens is 1. The SMILES string of the molecule is COc1ccc(N(C)S(=O)(=O)c2ccc(Cl)c(C(=O)OCCCc3cccnc3)c2)cc1. The summed E-state index contributed by atoms with van der Waals surface area (Å²) in [5.41, 5.74) is 1.48. The molecule has 0 saturated heterocycles. The van der Waals surface area contributed by atoms with E-state index in [2.05, 4.69) is 4.98 Å². The molecule has 0 radical (unpaired) electrons. The fraction of sp³-hybridized carbons (Fsp3) is 0.217. The molecule has 3 rings (SSSR count). The van der Waals surface area contributed by atoms with Gasteiger partial charge in [-0.3, -0.25) is 9.29 Å². The highest BCUT2D eigenvalue weighted by molar-refractivity contribution is 7.92. The molecule has 7 nitrogen and oxygen atoms in total. The molecule has 0 spiro atoms. The molecule has 0 saturated carbocycles. The summed E-state index contributed by atoms with van der Waals surface area (Å²) in [6.07, 6.45) is 4.76. The fourth-order valence-electron chi connectivity index (χ4n) is 2.98. The lowest BCUT2D eigenvalue weighted by atomic mass is 10.2. The van der Waals surface area contributed by atoms with Crippen molar-refractivity contribution in [1.82, 2.24) is 4.98 Å². The first-order chi connectivity index (χ1) is 15.3. The third-order valence-corrected chi connectivity index (χ3v) is 6.93. The highest BCUT2D eigenvalue weighted by atomic mass is 35.5. The predicted molar refractivity (Wildman–Crippen MR) is 123 cm³/mol. The monoisotopic (exact) mass is 474 g/mol. The Labute approximate surface area is 192 Å². The number of aromatic nitrogens is 1. The molecular formula is C23H23ClN2O5S. The Morgan fingerprint density at radius 2 is 1.88 bits per heavy atom. The Morgan fingerprint density at radius 1 is 1.12 bits per heavy atom. The molecule has 0 aliphatic rings. The minimum absolute atomic E-state index is 0.00255. The Bertz CT molecular complexity index is 1170. The van der Waals surface area contributed by atoms with Crippen molar-refractivity contribution in [3.63, 3.8) is 0 Å². The van der Waals surface area contributed by atoms with Crippen molar-refractivity contribution < 1.29 is 22.7 Å². The van der Waals surface area contributed by atoms with Crippen LogP contribution in [-0.2, 0) is 21.2 Å². The third-order valence-electron chi connectivity index (χ3n) is 4.82. The third kappa shape index (κ3) is 5.57. The van der Waals surface area contributed by atoms with E-state index in [9.17, 15) is 13.2 Å². The molecule has 32 heavy (non-hydrogen) atoms. The number of rotatable bonds is 9. The van der Waals surface area contributed by atoms with Crippen LogP contribution in [0.15, 0.2) is 71.9 Å². The number of anilines is 1. The number of methoxy groups -OCH3 is 1. The summed E-state index contributed by atoms with van der Waals surface area (Å²) in [5.74, 6) is -0.0649. The number of carbonyl (C=O) groups is 1. The Kier molecular flexibility index (Phi) is 7.71. The molecule has 0 N–H and O–H groups in total. The number of pyridine rings is 1. The highest BCUT2D eigenvalue weighted by Gasteiger charge is 2.24. The first-order valence-corrected chi connectivity index (χ1v) is 11.6. The van der Waals surface area contributed by atoms with Crippen LogP contribution >= 0.6 is 11.6 Å². The maximum Gasteiger partial charge on any atom is 0.339 e. The molecule has 0 aliphatic carbocycles. The normalized spacial score (nSPS) is 11.1. The lowest BCUT2D eigenvalue weighted by Gasteiger charge is -2.20. The summed E-state index contributed by atoms with van der Waals surface area (Å²) in [7, 11) is -0.963. The standard InChI is InChI=1S/C23H23ClN2O5S/c1-26(18-7-9-19(30-2)10-8-18)32(28,29)20-11-12-22(24)21(15-20)23(27)31-14-4-6-17-5-3-13-25-16-17/h3,5,7-13,15-16H,4,6,14H2,1-2H3. The average molecular weight is 475 g/mol. The van der Waals surface area contributed by atoms with E-state index in [-0.39, 0.29) is 22.1 Å². The smallest absolute Gasteiger partial charge is 0.339 e. The van der Waals surface area contributed by atoms with E-state index in [1.807, 2.05) is 12.1 Å². The van der Waals surface area contributed by atoms with Crippen molar-refractivity contribution in [1.29, 1.82) is 0 Å². The van der Waals surface area contributed by atoms with Gasteiger partial charge in [-0.1, -0.05) is 17.7 Å². The molecule has 0 atom stereocenters. The first-order valence-electron chi connectivity index (χ1n) is 9.81. The van der Waals surface area contributed by atoms with Gasteiger partial charge in [-0.15, -0.1) is 0 Å². The molecule has 168 valence electrons. The summed E-state index contributed by atoms with van der Waals surface area (Å²) in [6, 6.07) is 14.3. The molecule has 0 aliphatic heterocycles. The molecule has 3 aromatic rings. The van der Waals surface area contributed by atoms with Gasteiger partial charge in [-0.2, -0.15) is 0 Å². The molecule has 0 amide bonds. The zero-order chi connectivity index (χ0) is 23.1. The average Bonchev–Trinajstić information content (AvgIpc) is 2.82. The zero-order valence-electron chi connectivity index (χ0n) is 17.7. The summed E-state index contributed by atoms with van der Waals surface area (Å²) in [5, 5.41) is 0.119. The summed E-state index contributed by atoms with van der Waals surface area (Å²) in [6.45, 7) is 0.173. The second-order valence-electron chi connectivity index (χ2n) is 6.91. The molecule has 1 aromatic heterocycles. The molecule has 0 unspecified atom stereocenters. The van der Waals surface area contributed by atoms with E-state index in [0.29, 0.717) is 24.3 Å². The van der Waals surface area contributed by atoms with Gasteiger partial charge in [0.2, 0.25) is 0 Å². The van der Waals surface area contributed by atoms with E-state index in [4.69, 9.17) is 21.1 Å². The van der Waals surface area contributed by atoms with Crippen LogP contribution in [0, 0.1) is 0 Å². The number of carbonyl (C=O) groups excluding carboxylic acids is 1. The van der Waals surface area contributed by atoms with Gasteiger partial charge in [0.25, 0.3) is 10.0 Å². The summed E-state index contributed by atoms with van der Waals surface area (Å²) < 4.78 is 37.7. The van der Waals surface area contributed by atoms with E-state index in [1.165, 1.54) is 32.4 Å². The van der Waals surface area contributed by atoms with Crippen LogP contribution < -0.4 is 9.04 Å². The maximum absolute atomic E-state index is 13.1. The van der Waals surface area contributed by atoms with Crippen LogP contribution in [0.3, 0.4) is 0 Å². The van der Waals surface area contributed by atoms with Crippen LogP contribution in [0.1, 0.15) is 22.3 Å². The van der Waals surface area contributed by atoms with Crippen LogP contribution in [0.2, 0.25) is 5.02 Å². The van der Waals surface area contributed by atoms with Gasteiger partial charge in [-0.05, 0) is 66.9 Å². The molecule has 0 bridgehead atoms. The van der Waals surface area contributed by atoms with Gasteiger partial charge in [-0.25, -0.2) is 13.2 Å². The van der Waals surface area contributed by atoms with E-state index < -0.39 is 16.0 Å². The van der Waals surface area contributed by atoms with Crippen LogP contribution in [-0.4, -0.2) is 40.1 Å². The van der Waals surface area contributed by atoms with Crippen molar-refractivity contribution >= 4 is 33.3 Å². The zero-order valence-corrected chi connectivity index (χ0v) is 19.3. The second kappa shape index (κ2) is 10.5. The predicted octanol–water partition coefficient (Wildman–Crippen LogP) is 4.36. The fourth-order valence-corrected chi connectivity index (χ4v) is 4.39. The van der Waals surface area contributed by atoms with Crippen molar-refractivity contribution in [3.8, 4) is 5.75 Å². The lowest BCUT2D eigenvalue weighted by molar-refractivity contribution is 0.0500. The highest BCUT2D eigenvalue weighted by Crippen LogP contribution is 2.27. The molecule has 0 fully saturated rings. The maximum atomic E-state index is 13.1. The minimum atomic E-state index is -3.93. The largest absolute Gasteiger partial charge is 0.497 e. The van der Waals surface area contributed by atoms with Crippen molar-refractivity contribution in [3.05, 3.63) is 83.1 Å². The number of nitrogens with zero attached hydrogens (tertiary/aromatic N) is 2.